The van der Waals surface area contributed by atoms with Crippen LogP contribution in [0.3, 0.4) is 0 Å². The molecular weight excluding hydrogens is 280 g/mol. The predicted octanol–water partition coefficient (Wildman–Crippen LogP) is 2.64. The summed E-state index contributed by atoms with van der Waals surface area (Å²) in [5, 5.41) is 11.2. The molecule has 2 heterocycles. The van der Waals surface area contributed by atoms with E-state index in [0.717, 1.165) is 12.0 Å². The van der Waals surface area contributed by atoms with E-state index in [1.165, 1.54) is 0 Å². The molecule has 1 saturated heterocycles. The van der Waals surface area contributed by atoms with E-state index in [1.807, 2.05) is 44.2 Å². The first kappa shape index (κ1) is 14.6. The maximum Gasteiger partial charge on any atom is 0.317 e. The number of nitrogens with zero attached hydrogens (tertiary/aromatic N) is 3. The summed E-state index contributed by atoms with van der Waals surface area (Å²) in [7, 11) is 0. The molecule has 0 aliphatic carbocycles. The molecule has 116 valence electrons. The van der Waals surface area contributed by atoms with Gasteiger partial charge in [0.05, 0.1) is 5.92 Å². The molecule has 1 aromatic carbocycles. The lowest BCUT2D eigenvalue weighted by Crippen LogP contribution is -2.41. The third kappa shape index (κ3) is 3.10. The van der Waals surface area contributed by atoms with E-state index in [2.05, 4.69) is 15.5 Å². The van der Waals surface area contributed by atoms with Gasteiger partial charge in [-0.05, 0) is 32.4 Å². The summed E-state index contributed by atoms with van der Waals surface area (Å²) in [4.78, 5) is 13.8. The highest BCUT2D eigenvalue weighted by Gasteiger charge is 2.31. The van der Waals surface area contributed by atoms with Crippen molar-refractivity contribution in [3.8, 4) is 11.5 Å². The number of carbonyl (C=O) groups is 1. The second-order valence-corrected chi connectivity index (χ2v) is 5.85. The molecule has 2 amide bonds. The largest absolute Gasteiger partial charge is 0.420 e. The van der Waals surface area contributed by atoms with Crippen molar-refractivity contribution in [1.29, 1.82) is 0 Å². The highest BCUT2D eigenvalue weighted by atomic mass is 16.4. The zero-order valence-corrected chi connectivity index (χ0v) is 12.8. The number of benzene rings is 1. The summed E-state index contributed by atoms with van der Waals surface area (Å²) < 4.78 is 5.78. The summed E-state index contributed by atoms with van der Waals surface area (Å²) >= 11 is 0. The summed E-state index contributed by atoms with van der Waals surface area (Å²) in [6, 6.07) is 9.81. The topological polar surface area (TPSA) is 71.3 Å². The minimum absolute atomic E-state index is 0.0275. The Labute approximate surface area is 129 Å². The lowest BCUT2D eigenvalue weighted by molar-refractivity contribution is 0.205. The molecule has 22 heavy (non-hydrogen) atoms. The van der Waals surface area contributed by atoms with Crippen molar-refractivity contribution >= 4 is 6.03 Å². The molecule has 3 rings (SSSR count). The van der Waals surface area contributed by atoms with E-state index in [0.29, 0.717) is 24.9 Å². The number of amides is 2. The van der Waals surface area contributed by atoms with Crippen LogP contribution < -0.4 is 5.32 Å². The smallest absolute Gasteiger partial charge is 0.317 e. The van der Waals surface area contributed by atoms with Crippen molar-refractivity contribution in [2.75, 3.05) is 13.1 Å². The zero-order chi connectivity index (χ0) is 15.5. The first-order valence-electron chi connectivity index (χ1n) is 7.57. The van der Waals surface area contributed by atoms with Crippen molar-refractivity contribution in [2.24, 2.45) is 0 Å². The van der Waals surface area contributed by atoms with Gasteiger partial charge in [0.15, 0.2) is 0 Å². The number of hydrogen-bond acceptors (Lipinski definition) is 4. The fourth-order valence-corrected chi connectivity index (χ4v) is 2.58. The third-order valence-electron chi connectivity index (χ3n) is 3.70. The number of urea groups is 1. The van der Waals surface area contributed by atoms with E-state index in [-0.39, 0.29) is 18.0 Å². The van der Waals surface area contributed by atoms with Gasteiger partial charge in [-0.2, -0.15) is 0 Å². The average molecular weight is 300 g/mol. The number of hydrogen-bond donors (Lipinski definition) is 1. The Bertz CT molecular complexity index is 639. The van der Waals surface area contributed by atoms with Crippen molar-refractivity contribution in [3.63, 3.8) is 0 Å². The molecule has 1 N–H and O–H groups in total. The molecule has 6 heteroatoms. The van der Waals surface area contributed by atoms with Gasteiger partial charge >= 0.3 is 6.03 Å². The van der Waals surface area contributed by atoms with Gasteiger partial charge in [0.2, 0.25) is 11.8 Å². The average Bonchev–Trinajstić information content (AvgIpc) is 3.17. The van der Waals surface area contributed by atoms with Crippen molar-refractivity contribution in [2.45, 2.75) is 32.2 Å². The summed E-state index contributed by atoms with van der Waals surface area (Å²) in [5.41, 5.74) is 0.911. The summed E-state index contributed by atoms with van der Waals surface area (Å²) in [6.45, 7) is 5.24. The number of aromatic nitrogens is 2. The van der Waals surface area contributed by atoms with Gasteiger partial charge in [-0.25, -0.2) is 4.79 Å². The van der Waals surface area contributed by atoms with Crippen LogP contribution in [0.1, 0.15) is 32.1 Å². The standard InChI is InChI=1S/C16H20N4O2/c1-11(2)17-16(21)20-9-8-13(10-20)15-19-18-14(22-15)12-6-4-3-5-7-12/h3-7,11,13H,8-10H2,1-2H3,(H,17,21). The molecule has 1 aliphatic rings. The molecule has 1 atom stereocenters. The van der Waals surface area contributed by atoms with Gasteiger partial charge in [0.25, 0.3) is 0 Å². The zero-order valence-electron chi connectivity index (χ0n) is 12.8. The molecule has 6 nitrogen and oxygen atoms in total. The summed E-state index contributed by atoms with van der Waals surface area (Å²) in [5.74, 6) is 1.25. The Morgan fingerprint density at radius 3 is 2.82 bits per heavy atom. The third-order valence-corrected chi connectivity index (χ3v) is 3.70. The number of carbonyl (C=O) groups excluding carboxylic acids is 1. The van der Waals surface area contributed by atoms with E-state index in [4.69, 9.17) is 4.42 Å². The van der Waals surface area contributed by atoms with Crippen LogP contribution in [0.4, 0.5) is 4.79 Å². The molecule has 1 unspecified atom stereocenters. The van der Waals surface area contributed by atoms with Gasteiger partial charge in [-0.1, -0.05) is 18.2 Å². The minimum Gasteiger partial charge on any atom is -0.420 e. The van der Waals surface area contributed by atoms with Crippen LogP contribution in [0.25, 0.3) is 11.5 Å². The second kappa shape index (κ2) is 6.17. The van der Waals surface area contributed by atoms with Crippen LogP contribution in [0.2, 0.25) is 0 Å². The monoisotopic (exact) mass is 300 g/mol. The minimum atomic E-state index is -0.0275. The van der Waals surface area contributed by atoms with Gasteiger partial charge in [0.1, 0.15) is 0 Å². The first-order valence-corrected chi connectivity index (χ1v) is 7.57. The molecule has 2 aromatic rings. The SMILES string of the molecule is CC(C)NC(=O)N1CCC(c2nnc(-c3ccccc3)o2)C1. The summed E-state index contributed by atoms with van der Waals surface area (Å²) in [6.07, 6.45) is 0.849. The van der Waals surface area contributed by atoms with Crippen LogP contribution in [-0.2, 0) is 0 Å². The Balaban J connectivity index is 1.67. The molecule has 0 radical (unpaired) electrons. The highest BCUT2D eigenvalue weighted by Crippen LogP contribution is 2.28. The van der Waals surface area contributed by atoms with Crippen molar-refractivity contribution in [3.05, 3.63) is 36.2 Å². The van der Waals surface area contributed by atoms with E-state index >= 15 is 0 Å². The van der Waals surface area contributed by atoms with Crippen LogP contribution in [-0.4, -0.2) is 40.3 Å². The lowest BCUT2D eigenvalue weighted by Gasteiger charge is -2.18. The van der Waals surface area contributed by atoms with E-state index < -0.39 is 0 Å². The van der Waals surface area contributed by atoms with Crippen LogP contribution in [0.15, 0.2) is 34.7 Å². The van der Waals surface area contributed by atoms with E-state index in [9.17, 15) is 4.79 Å². The van der Waals surface area contributed by atoms with Crippen LogP contribution >= 0.6 is 0 Å². The molecular formula is C16H20N4O2. The van der Waals surface area contributed by atoms with Crippen molar-refractivity contribution in [1.82, 2.24) is 20.4 Å². The van der Waals surface area contributed by atoms with Crippen LogP contribution in [0, 0.1) is 0 Å². The number of likely N-dealkylation sites (tertiary alicyclic amines) is 1. The fraction of sp³-hybridized carbons (Fsp3) is 0.438. The Hall–Kier alpha value is -2.37. The Kier molecular flexibility index (Phi) is 4.09. The quantitative estimate of drug-likeness (QED) is 0.946. The Morgan fingerprint density at radius 1 is 1.32 bits per heavy atom. The van der Waals surface area contributed by atoms with Crippen LogP contribution in [0.5, 0.6) is 0 Å². The van der Waals surface area contributed by atoms with Gasteiger partial charge in [-0.15, -0.1) is 10.2 Å². The van der Waals surface area contributed by atoms with Gasteiger partial charge in [0, 0.05) is 24.7 Å². The van der Waals surface area contributed by atoms with Crippen molar-refractivity contribution < 1.29 is 9.21 Å². The lowest BCUT2D eigenvalue weighted by atomic mass is 10.1. The molecule has 0 saturated carbocycles. The maximum absolute atomic E-state index is 12.0. The van der Waals surface area contributed by atoms with Gasteiger partial charge in [-0.3, -0.25) is 0 Å². The predicted molar refractivity (Wildman–Crippen MR) is 82.3 cm³/mol. The number of nitrogens with one attached hydrogen (secondary N) is 1. The fourth-order valence-electron chi connectivity index (χ4n) is 2.58. The molecule has 1 aliphatic heterocycles. The molecule has 1 fully saturated rings. The molecule has 0 bridgehead atoms. The first-order chi connectivity index (χ1) is 10.6. The number of rotatable bonds is 3. The highest BCUT2D eigenvalue weighted by molar-refractivity contribution is 5.74. The molecule has 1 aromatic heterocycles. The second-order valence-electron chi connectivity index (χ2n) is 5.85. The Morgan fingerprint density at radius 2 is 2.09 bits per heavy atom. The van der Waals surface area contributed by atoms with E-state index in [1.54, 1.807) is 4.90 Å². The normalized spacial score (nSPS) is 18.0. The maximum atomic E-state index is 12.0. The van der Waals surface area contributed by atoms with Gasteiger partial charge < -0.3 is 14.6 Å². The molecule has 0 spiro atoms.